The summed E-state index contributed by atoms with van der Waals surface area (Å²) in [5.74, 6) is 0.468. The van der Waals surface area contributed by atoms with Crippen LogP contribution in [0, 0.1) is 0 Å². The maximum atomic E-state index is 10.9. The Balaban J connectivity index is 1.85. The van der Waals surface area contributed by atoms with Crippen LogP contribution in [0.1, 0.15) is 48.8 Å². The second-order valence-corrected chi connectivity index (χ2v) is 6.13. The average Bonchev–Trinajstić information content (AvgIpc) is 2.48. The van der Waals surface area contributed by atoms with Crippen molar-refractivity contribution < 1.29 is 5.11 Å². The molecule has 0 bridgehead atoms. The van der Waals surface area contributed by atoms with Gasteiger partial charge in [-0.05, 0) is 55.2 Å². The van der Waals surface area contributed by atoms with Gasteiger partial charge in [-0.25, -0.2) is 0 Å². The Kier molecular flexibility index (Phi) is 3.62. The standard InChI is InChI=1S/C19H22O/c1-19(20,17-11-3-2-4-12-17)14-16-10-7-9-15-8-5-6-13-18(15)16/h2-6,8,11-13,16,20H,7,9-10,14H2,1H3. The Morgan fingerprint density at radius 3 is 2.55 bits per heavy atom. The third-order valence-corrected chi connectivity index (χ3v) is 4.53. The summed E-state index contributed by atoms with van der Waals surface area (Å²) in [6.45, 7) is 1.94. The molecule has 1 N–H and O–H groups in total. The van der Waals surface area contributed by atoms with Gasteiger partial charge < -0.3 is 5.11 Å². The van der Waals surface area contributed by atoms with Crippen LogP contribution in [0.5, 0.6) is 0 Å². The summed E-state index contributed by atoms with van der Waals surface area (Å²) in [5.41, 5.74) is 3.17. The first-order valence-electron chi connectivity index (χ1n) is 7.52. The molecule has 1 nitrogen and oxygen atoms in total. The van der Waals surface area contributed by atoms with E-state index >= 15 is 0 Å². The van der Waals surface area contributed by atoms with Crippen LogP contribution in [0.4, 0.5) is 0 Å². The Bertz CT molecular complexity index is 571. The lowest BCUT2D eigenvalue weighted by Crippen LogP contribution is -2.25. The molecule has 3 rings (SSSR count). The van der Waals surface area contributed by atoms with Crippen molar-refractivity contribution in [3.05, 3.63) is 71.3 Å². The molecule has 0 amide bonds. The van der Waals surface area contributed by atoms with Gasteiger partial charge in [0.15, 0.2) is 0 Å². The molecule has 0 spiro atoms. The third kappa shape index (κ3) is 2.64. The summed E-state index contributed by atoms with van der Waals surface area (Å²) >= 11 is 0. The zero-order valence-corrected chi connectivity index (χ0v) is 12.0. The molecule has 1 aliphatic carbocycles. The summed E-state index contributed by atoms with van der Waals surface area (Å²) in [6.07, 6.45) is 4.39. The summed E-state index contributed by atoms with van der Waals surface area (Å²) < 4.78 is 0. The lowest BCUT2D eigenvalue weighted by Gasteiger charge is -2.32. The summed E-state index contributed by atoms with van der Waals surface area (Å²) in [7, 11) is 0. The van der Waals surface area contributed by atoms with Gasteiger partial charge in [0.05, 0.1) is 5.60 Å². The quantitative estimate of drug-likeness (QED) is 0.872. The molecule has 20 heavy (non-hydrogen) atoms. The van der Waals surface area contributed by atoms with Crippen LogP contribution in [0.25, 0.3) is 0 Å². The molecule has 0 saturated carbocycles. The molecule has 0 aliphatic heterocycles. The molecule has 2 atom stereocenters. The lowest BCUT2D eigenvalue weighted by molar-refractivity contribution is 0.0380. The molecule has 1 aliphatic rings. The molecule has 2 aromatic carbocycles. The third-order valence-electron chi connectivity index (χ3n) is 4.53. The molecular formula is C19H22O. The van der Waals surface area contributed by atoms with Gasteiger partial charge in [-0.2, -0.15) is 0 Å². The normalized spacial score (nSPS) is 21.0. The predicted octanol–water partition coefficient (Wildman–Crippen LogP) is 4.40. The Labute approximate surface area is 121 Å². The molecule has 0 heterocycles. The molecule has 0 fully saturated rings. The van der Waals surface area contributed by atoms with E-state index in [2.05, 4.69) is 24.3 Å². The number of aryl methyl sites for hydroxylation is 1. The summed E-state index contributed by atoms with van der Waals surface area (Å²) in [4.78, 5) is 0. The highest BCUT2D eigenvalue weighted by Gasteiger charge is 2.30. The fourth-order valence-corrected chi connectivity index (χ4v) is 3.46. The van der Waals surface area contributed by atoms with E-state index in [0.717, 1.165) is 12.0 Å². The van der Waals surface area contributed by atoms with Crippen LogP contribution < -0.4 is 0 Å². The number of rotatable bonds is 3. The fraction of sp³-hybridized carbons (Fsp3) is 0.368. The van der Waals surface area contributed by atoms with E-state index in [1.807, 2.05) is 37.3 Å². The van der Waals surface area contributed by atoms with Crippen molar-refractivity contribution in [2.24, 2.45) is 0 Å². The van der Waals surface area contributed by atoms with E-state index in [-0.39, 0.29) is 0 Å². The molecule has 2 aromatic rings. The van der Waals surface area contributed by atoms with Crippen LogP contribution in [-0.2, 0) is 12.0 Å². The average molecular weight is 266 g/mol. The van der Waals surface area contributed by atoms with Crippen molar-refractivity contribution in [3.8, 4) is 0 Å². The number of benzene rings is 2. The molecule has 0 radical (unpaired) electrons. The van der Waals surface area contributed by atoms with Crippen molar-refractivity contribution in [3.63, 3.8) is 0 Å². The van der Waals surface area contributed by atoms with E-state index in [1.54, 1.807) is 0 Å². The molecule has 1 heteroatoms. The van der Waals surface area contributed by atoms with Gasteiger partial charge in [-0.1, -0.05) is 54.6 Å². The first-order valence-corrected chi connectivity index (χ1v) is 7.52. The largest absolute Gasteiger partial charge is 0.385 e. The fourth-order valence-electron chi connectivity index (χ4n) is 3.46. The SMILES string of the molecule is CC(O)(CC1CCCc2ccccc21)c1ccccc1. The van der Waals surface area contributed by atoms with E-state index in [4.69, 9.17) is 0 Å². The highest BCUT2D eigenvalue weighted by molar-refractivity contribution is 5.33. The zero-order chi connectivity index (χ0) is 14.0. The highest BCUT2D eigenvalue weighted by atomic mass is 16.3. The second kappa shape index (κ2) is 5.41. The monoisotopic (exact) mass is 266 g/mol. The predicted molar refractivity (Wildman–Crippen MR) is 82.8 cm³/mol. The Morgan fingerprint density at radius 2 is 1.75 bits per heavy atom. The van der Waals surface area contributed by atoms with Crippen molar-refractivity contribution in [1.82, 2.24) is 0 Å². The number of fused-ring (bicyclic) bond motifs is 1. The first kappa shape index (κ1) is 13.4. The smallest absolute Gasteiger partial charge is 0.0874 e. The lowest BCUT2D eigenvalue weighted by atomic mass is 9.75. The van der Waals surface area contributed by atoms with Gasteiger partial charge >= 0.3 is 0 Å². The van der Waals surface area contributed by atoms with Gasteiger partial charge in [0, 0.05) is 0 Å². The van der Waals surface area contributed by atoms with Gasteiger partial charge in [-0.3, -0.25) is 0 Å². The number of aliphatic hydroxyl groups is 1. The minimum absolute atomic E-state index is 0.468. The van der Waals surface area contributed by atoms with Gasteiger partial charge in [0.2, 0.25) is 0 Å². The van der Waals surface area contributed by atoms with Gasteiger partial charge in [0.25, 0.3) is 0 Å². The van der Waals surface area contributed by atoms with E-state index in [0.29, 0.717) is 5.92 Å². The molecule has 0 saturated heterocycles. The maximum absolute atomic E-state index is 10.9. The first-order chi connectivity index (χ1) is 9.67. The number of hydrogen-bond donors (Lipinski definition) is 1. The van der Waals surface area contributed by atoms with E-state index in [9.17, 15) is 5.11 Å². The van der Waals surface area contributed by atoms with Crippen LogP contribution in [-0.4, -0.2) is 5.11 Å². The highest BCUT2D eigenvalue weighted by Crippen LogP contribution is 2.40. The van der Waals surface area contributed by atoms with Crippen LogP contribution in [0.3, 0.4) is 0 Å². The van der Waals surface area contributed by atoms with Gasteiger partial charge in [-0.15, -0.1) is 0 Å². The van der Waals surface area contributed by atoms with E-state index in [1.165, 1.54) is 30.4 Å². The second-order valence-electron chi connectivity index (χ2n) is 6.13. The molecule has 2 unspecified atom stereocenters. The van der Waals surface area contributed by atoms with Crippen LogP contribution in [0.15, 0.2) is 54.6 Å². The van der Waals surface area contributed by atoms with Crippen LogP contribution >= 0.6 is 0 Å². The topological polar surface area (TPSA) is 20.2 Å². The maximum Gasteiger partial charge on any atom is 0.0874 e. The zero-order valence-electron chi connectivity index (χ0n) is 12.0. The minimum Gasteiger partial charge on any atom is -0.385 e. The van der Waals surface area contributed by atoms with Gasteiger partial charge in [0.1, 0.15) is 0 Å². The Morgan fingerprint density at radius 1 is 1.05 bits per heavy atom. The molecular weight excluding hydrogens is 244 g/mol. The Hall–Kier alpha value is -1.60. The van der Waals surface area contributed by atoms with Crippen molar-refractivity contribution >= 4 is 0 Å². The summed E-state index contributed by atoms with van der Waals surface area (Å²) in [6, 6.07) is 18.8. The van der Waals surface area contributed by atoms with Crippen LogP contribution in [0.2, 0.25) is 0 Å². The molecule has 104 valence electrons. The van der Waals surface area contributed by atoms with Crippen molar-refractivity contribution in [2.45, 2.75) is 44.1 Å². The summed E-state index contributed by atoms with van der Waals surface area (Å²) in [5, 5.41) is 10.9. The minimum atomic E-state index is -0.754. The molecule has 0 aromatic heterocycles. The van der Waals surface area contributed by atoms with E-state index < -0.39 is 5.60 Å². The number of hydrogen-bond acceptors (Lipinski definition) is 1. The van der Waals surface area contributed by atoms with Crippen molar-refractivity contribution in [2.75, 3.05) is 0 Å². The van der Waals surface area contributed by atoms with Crippen molar-refractivity contribution in [1.29, 1.82) is 0 Å².